The van der Waals surface area contributed by atoms with Crippen molar-refractivity contribution in [1.82, 2.24) is 0 Å². The summed E-state index contributed by atoms with van der Waals surface area (Å²) in [6, 6.07) is 8.84. The Hall–Kier alpha value is -2.10. The fourth-order valence-corrected chi connectivity index (χ4v) is 5.64. The largest absolute Gasteiger partial charge is 0.493 e. The van der Waals surface area contributed by atoms with Gasteiger partial charge in [-0.25, -0.2) is 4.79 Å². The van der Waals surface area contributed by atoms with Crippen molar-refractivity contribution >= 4 is 16.8 Å². The summed E-state index contributed by atoms with van der Waals surface area (Å²) in [7, 11) is 0. The smallest absolute Gasteiger partial charge is 0.336 e. The quantitative estimate of drug-likeness (QED) is 0.717. The van der Waals surface area contributed by atoms with Crippen LogP contribution in [0.2, 0.25) is 0 Å². The minimum atomic E-state index is -0.351. The summed E-state index contributed by atoms with van der Waals surface area (Å²) in [6.07, 6.45) is 5.04. The second-order valence-electron chi connectivity index (χ2n) is 9.04. The fourth-order valence-electron chi connectivity index (χ4n) is 5.64. The first kappa shape index (κ1) is 18.3. The molecule has 2 aliphatic carbocycles. The normalized spacial score (nSPS) is 33.7. The first-order valence-corrected chi connectivity index (χ1v) is 10.0. The summed E-state index contributed by atoms with van der Waals surface area (Å²) in [4.78, 5) is 23.8. The molecular formula is C23H28O4. The molecule has 1 heterocycles. The van der Waals surface area contributed by atoms with Gasteiger partial charge in [0, 0.05) is 35.3 Å². The summed E-state index contributed by atoms with van der Waals surface area (Å²) < 4.78 is 11.5. The van der Waals surface area contributed by atoms with E-state index >= 15 is 0 Å². The Labute approximate surface area is 159 Å². The van der Waals surface area contributed by atoms with Crippen LogP contribution < -0.4 is 10.4 Å². The first-order valence-electron chi connectivity index (χ1n) is 10.0. The van der Waals surface area contributed by atoms with Crippen LogP contribution in [0.5, 0.6) is 5.75 Å². The van der Waals surface area contributed by atoms with Crippen LogP contribution in [0.3, 0.4) is 0 Å². The van der Waals surface area contributed by atoms with Crippen molar-refractivity contribution in [3.63, 3.8) is 0 Å². The maximum atomic E-state index is 12.3. The van der Waals surface area contributed by atoms with E-state index < -0.39 is 0 Å². The van der Waals surface area contributed by atoms with E-state index in [0.29, 0.717) is 30.3 Å². The van der Waals surface area contributed by atoms with Crippen molar-refractivity contribution in [1.29, 1.82) is 0 Å². The van der Waals surface area contributed by atoms with E-state index in [1.165, 1.54) is 6.07 Å². The van der Waals surface area contributed by atoms with Crippen LogP contribution in [0.25, 0.3) is 11.0 Å². The van der Waals surface area contributed by atoms with Gasteiger partial charge >= 0.3 is 5.63 Å². The van der Waals surface area contributed by atoms with Gasteiger partial charge in [-0.15, -0.1) is 0 Å². The van der Waals surface area contributed by atoms with Crippen LogP contribution in [0, 0.1) is 22.7 Å². The summed E-state index contributed by atoms with van der Waals surface area (Å²) in [5.74, 6) is 1.77. The molecule has 0 spiro atoms. The van der Waals surface area contributed by atoms with Crippen molar-refractivity contribution in [3.05, 3.63) is 40.8 Å². The monoisotopic (exact) mass is 368 g/mol. The molecule has 1 aromatic heterocycles. The number of carbonyl (C=O) groups excluding carboxylic acids is 1. The Balaban J connectivity index is 1.56. The van der Waals surface area contributed by atoms with Crippen LogP contribution in [-0.4, -0.2) is 12.4 Å². The highest BCUT2D eigenvalue weighted by atomic mass is 16.5. The molecule has 144 valence electrons. The number of carbonyl (C=O) groups is 1. The first-order chi connectivity index (χ1) is 12.8. The molecule has 2 saturated carbocycles. The van der Waals surface area contributed by atoms with Crippen molar-refractivity contribution in [2.24, 2.45) is 22.7 Å². The van der Waals surface area contributed by atoms with E-state index in [-0.39, 0.29) is 22.4 Å². The zero-order chi connectivity index (χ0) is 19.2. The molecule has 2 fully saturated rings. The van der Waals surface area contributed by atoms with Gasteiger partial charge in [-0.2, -0.15) is 0 Å². The Kier molecular flexibility index (Phi) is 4.40. The molecule has 1 aromatic carbocycles. The molecule has 4 atom stereocenters. The van der Waals surface area contributed by atoms with Crippen molar-refractivity contribution in [2.45, 2.75) is 52.9 Å². The lowest BCUT2D eigenvalue weighted by atomic mass is 9.48. The Bertz CT molecular complexity index is 929. The van der Waals surface area contributed by atoms with E-state index in [2.05, 4.69) is 20.8 Å². The summed E-state index contributed by atoms with van der Waals surface area (Å²) >= 11 is 0. The van der Waals surface area contributed by atoms with Crippen LogP contribution >= 0.6 is 0 Å². The van der Waals surface area contributed by atoms with Crippen LogP contribution in [0.1, 0.15) is 52.9 Å². The van der Waals surface area contributed by atoms with E-state index in [0.717, 1.165) is 36.8 Å². The number of rotatable bonds is 3. The van der Waals surface area contributed by atoms with Crippen LogP contribution in [0.15, 0.2) is 39.5 Å². The van der Waals surface area contributed by atoms with Crippen molar-refractivity contribution in [3.8, 4) is 5.75 Å². The molecule has 27 heavy (non-hydrogen) atoms. The van der Waals surface area contributed by atoms with Crippen LogP contribution in [0.4, 0.5) is 0 Å². The third kappa shape index (κ3) is 3.09. The standard InChI is InChI=1S/C23H28O4/c1-15-18(24)8-9-20-22(2,11-4-12-23(15,20)3)14-26-17-7-5-16-6-10-21(25)27-19(16)13-17/h5-7,10,13,15,20H,4,8-9,11-12,14H2,1-3H3/t15-,20+,22-,23+/m0/s1. The molecule has 0 unspecified atom stereocenters. The molecule has 0 saturated heterocycles. The summed E-state index contributed by atoms with van der Waals surface area (Å²) in [5, 5.41) is 0.887. The third-order valence-corrected chi connectivity index (χ3v) is 7.42. The fraction of sp³-hybridized carbons (Fsp3) is 0.565. The molecule has 0 amide bonds. The molecule has 4 rings (SSSR count). The molecule has 4 nitrogen and oxygen atoms in total. The van der Waals surface area contributed by atoms with Gasteiger partial charge in [0.25, 0.3) is 0 Å². The van der Waals surface area contributed by atoms with E-state index in [9.17, 15) is 9.59 Å². The zero-order valence-electron chi connectivity index (χ0n) is 16.4. The van der Waals surface area contributed by atoms with Gasteiger partial charge in [0.05, 0.1) is 6.61 Å². The number of fused-ring (bicyclic) bond motifs is 2. The maximum Gasteiger partial charge on any atom is 0.336 e. The molecule has 0 radical (unpaired) electrons. The Morgan fingerprint density at radius 2 is 1.93 bits per heavy atom. The van der Waals surface area contributed by atoms with E-state index in [4.69, 9.17) is 9.15 Å². The minimum absolute atomic E-state index is 0.0500. The van der Waals surface area contributed by atoms with Gasteiger partial charge in [0.2, 0.25) is 0 Å². The van der Waals surface area contributed by atoms with Gasteiger partial charge in [-0.1, -0.05) is 27.2 Å². The SMILES string of the molecule is C[C@H]1C(=O)CC[C@@H]2[C@](C)(COc3ccc4ccc(=O)oc4c3)CCC[C@@]21C. The lowest BCUT2D eigenvalue weighted by molar-refractivity contribution is -0.144. The average molecular weight is 368 g/mol. The van der Waals surface area contributed by atoms with Gasteiger partial charge < -0.3 is 9.15 Å². The molecule has 0 aliphatic heterocycles. The van der Waals surface area contributed by atoms with Crippen LogP contribution in [-0.2, 0) is 4.79 Å². The third-order valence-electron chi connectivity index (χ3n) is 7.42. The summed E-state index contributed by atoms with van der Waals surface area (Å²) in [6.45, 7) is 7.36. The molecule has 0 N–H and O–H groups in total. The number of benzene rings is 1. The predicted octanol–water partition coefficient (Wildman–Crippen LogP) is 4.98. The predicted molar refractivity (Wildman–Crippen MR) is 105 cm³/mol. The van der Waals surface area contributed by atoms with E-state index in [1.54, 1.807) is 12.1 Å². The number of Topliss-reactive ketones (excluding diaryl/α,β-unsaturated/α-hetero) is 1. The highest BCUT2D eigenvalue weighted by molar-refractivity contribution is 5.82. The number of hydrogen-bond donors (Lipinski definition) is 0. The average Bonchev–Trinajstić information content (AvgIpc) is 2.64. The second-order valence-corrected chi connectivity index (χ2v) is 9.04. The number of ether oxygens (including phenoxy) is 1. The van der Waals surface area contributed by atoms with Gasteiger partial charge in [-0.05, 0) is 48.8 Å². The molecule has 0 bridgehead atoms. The van der Waals surface area contributed by atoms with Crippen molar-refractivity contribution in [2.75, 3.05) is 6.61 Å². The van der Waals surface area contributed by atoms with Gasteiger partial charge in [-0.3, -0.25) is 4.79 Å². The second kappa shape index (κ2) is 6.50. The molecule has 2 aliphatic rings. The van der Waals surface area contributed by atoms with Gasteiger partial charge in [0.1, 0.15) is 17.1 Å². The summed E-state index contributed by atoms with van der Waals surface area (Å²) in [5.41, 5.74) is 0.321. The zero-order valence-corrected chi connectivity index (χ0v) is 16.4. The molecule has 2 aromatic rings. The lowest BCUT2D eigenvalue weighted by Gasteiger charge is -2.56. The topological polar surface area (TPSA) is 56.5 Å². The maximum absolute atomic E-state index is 12.3. The number of ketones is 1. The van der Waals surface area contributed by atoms with Gasteiger partial charge in [0.15, 0.2) is 0 Å². The highest BCUT2D eigenvalue weighted by Crippen LogP contribution is 2.59. The molecular weight excluding hydrogens is 340 g/mol. The van der Waals surface area contributed by atoms with Crippen molar-refractivity contribution < 1.29 is 13.9 Å². The minimum Gasteiger partial charge on any atom is -0.493 e. The Morgan fingerprint density at radius 1 is 1.15 bits per heavy atom. The lowest BCUT2D eigenvalue weighted by Crippen LogP contribution is -2.53. The van der Waals surface area contributed by atoms with E-state index in [1.807, 2.05) is 12.1 Å². The molecule has 4 heteroatoms. The highest BCUT2D eigenvalue weighted by Gasteiger charge is 2.54. The Morgan fingerprint density at radius 3 is 2.74 bits per heavy atom. The number of hydrogen-bond acceptors (Lipinski definition) is 4.